The van der Waals surface area contributed by atoms with Gasteiger partial charge < -0.3 is 26.2 Å². The summed E-state index contributed by atoms with van der Waals surface area (Å²) >= 11 is 0. The summed E-state index contributed by atoms with van der Waals surface area (Å²) in [6.07, 6.45) is 0. The smallest absolute Gasteiger partial charge is 0.335 e. The quantitative estimate of drug-likeness (QED) is 0.532. The van der Waals surface area contributed by atoms with Crippen LogP contribution in [0.2, 0.25) is 0 Å². The molecule has 0 saturated carbocycles. The Morgan fingerprint density at radius 3 is 2.62 bits per heavy atom. The van der Waals surface area contributed by atoms with Crippen molar-refractivity contribution in [1.82, 2.24) is 5.32 Å². The topological polar surface area (TPSA) is 131 Å². The minimum atomic E-state index is -1.27. The van der Waals surface area contributed by atoms with E-state index in [1.807, 2.05) is 0 Å². The molecule has 21 heavy (non-hydrogen) atoms. The Bertz CT molecular complexity index is 550. The number of halogens is 1. The van der Waals surface area contributed by atoms with Crippen molar-refractivity contribution >= 4 is 23.6 Å². The molecule has 8 nitrogen and oxygen atoms in total. The highest BCUT2D eigenvalue weighted by molar-refractivity contribution is 5.91. The monoisotopic (exact) mass is 299 g/mol. The van der Waals surface area contributed by atoms with Gasteiger partial charge in [0.15, 0.2) is 0 Å². The van der Waals surface area contributed by atoms with Crippen molar-refractivity contribution in [3.8, 4) is 0 Å². The van der Waals surface area contributed by atoms with Crippen LogP contribution in [0.15, 0.2) is 18.2 Å². The molecule has 9 heteroatoms. The van der Waals surface area contributed by atoms with E-state index in [-0.39, 0.29) is 31.0 Å². The van der Waals surface area contributed by atoms with E-state index in [0.29, 0.717) is 0 Å². The summed E-state index contributed by atoms with van der Waals surface area (Å²) in [7, 11) is 0. The predicted molar refractivity (Wildman–Crippen MR) is 70.4 cm³/mol. The van der Waals surface area contributed by atoms with Gasteiger partial charge >= 0.3 is 12.0 Å². The number of nitrogens with one attached hydrogen (secondary N) is 2. The van der Waals surface area contributed by atoms with Gasteiger partial charge in [-0.3, -0.25) is 4.79 Å². The summed E-state index contributed by atoms with van der Waals surface area (Å²) in [4.78, 5) is 32.4. The van der Waals surface area contributed by atoms with Gasteiger partial charge in [0.05, 0.1) is 17.9 Å². The van der Waals surface area contributed by atoms with E-state index in [1.165, 1.54) is 0 Å². The highest BCUT2D eigenvalue weighted by Crippen LogP contribution is 2.15. The maximum absolute atomic E-state index is 13.5. The molecule has 0 spiro atoms. The van der Waals surface area contributed by atoms with Crippen LogP contribution in [-0.2, 0) is 9.53 Å². The van der Waals surface area contributed by atoms with E-state index in [9.17, 15) is 18.8 Å². The lowest BCUT2D eigenvalue weighted by atomic mass is 10.2. The normalized spacial score (nSPS) is 9.95. The molecule has 0 unspecified atom stereocenters. The van der Waals surface area contributed by atoms with Gasteiger partial charge in [-0.1, -0.05) is 0 Å². The van der Waals surface area contributed by atoms with Crippen LogP contribution in [0.3, 0.4) is 0 Å². The fourth-order valence-corrected chi connectivity index (χ4v) is 1.33. The number of amides is 3. The molecule has 5 N–H and O–H groups in total. The third-order valence-corrected chi connectivity index (χ3v) is 2.24. The molecule has 0 fully saturated rings. The lowest BCUT2D eigenvalue weighted by molar-refractivity contribution is -0.122. The Kier molecular flexibility index (Phi) is 6.08. The van der Waals surface area contributed by atoms with E-state index in [0.717, 1.165) is 18.2 Å². The van der Waals surface area contributed by atoms with Gasteiger partial charge in [0.1, 0.15) is 12.4 Å². The number of rotatable bonds is 7. The molecule has 3 amide bonds. The Balaban J connectivity index is 2.41. The SMILES string of the molecule is NC(=O)COCCNC(=O)Nc1ccc(C(=O)O)cc1F. The molecular formula is C12H14FN3O5. The van der Waals surface area contributed by atoms with Gasteiger partial charge in [-0.15, -0.1) is 0 Å². The van der Waals surface area contributed by atoms with Gasteiger partial charge in [0.2, 0.25) is 5.91 Å². The number of urea groups is 1. The Morgan fingerprint density at radius 1 is 1.33 bits per heavy atom. The number of aromatic carboxylic acids is 1. The number of nitrogens with two attached hydrogens (primary N) is 1. The Labute approximate surface area is 119 Å². The number of carbonyl (C=O) groups is 3. The van der Waals surface area contributed by atoms with Crippen molar-refractivity contribution < 1.29 is 28.6 Å². The zero-order chi connectivity index (χ0) is 15.8. The molecule has 0 bridgehead atoms. The van der Waals surface area contributed by atoms with E-state index < -0.39 is 23.7 Å². The minimum absolute atomic E-state index is 0.0663. The van der Waals surface area contributed by atoms with Crippen molar-refractivity contribution in [2.45, 2.75) is 0 Å². The first-order chi connectivity index (χ1) is 9.90. The van der Waals surface area contributed by atoms with Crippen molar-refractivity contribution in [3.05, 3.63) is 29.6 Å². The summed E-state index contributed by atoms with van der Waals surface area (Å²) in [6, 6.07) is 2.41. The third kappa shape index (κ3) is 5.87. The fraction of sp³-hybridized carbons (Fsp3) is 0.250. The van der Waals surface area contributed by atoms with Crippen molar-refractivity contribution in [3.63, 3.8) is 0 Å². The first-order valence-electron chi connectivity index (χ1n) is 5.84. The maximum Gasteiger partial charge on any atom is 0.335 e. The molecule has 1 aromatic carbocycles. The number of hydrogen-bond acceptors (Lipinski definition) is 4. The molecular weight excluding hydrogens is 285 g/mol. The summed E-state index contributed by atoms with van der Waals surface area (Å²) in [5.41, 5.74) is 4.46. The molecule has 0 aliphatic rings. The van der Waals surface area contributed by atoms with Crippen LogP contribution < -0.4 is 16.4 Å². The molecule has 114 valence electrons. The molecule has 0 saturated heterocycles. The number of anilines is 1. The standard InChI is InChI=1S/C12H14FN3O5/c13-8-5-7(11(18)19)1-2-9(8)16-12(20)15-3-4-21-6-10(14)17/h1-2,5H,3-4,6H2,(H2,14,17)(H,18,19)(H2,15,16,20). The maximum atomic E-state index is 13.5. The van der Waals surface area contributed by atoms with Crippen LogP contribution in [0.1, 0.15) is 10.4 Å². The van der Waals surface area contributed by atoms with Crippen LogP contribution in [0.5, 0.6) is 0 Å². The summed E-state index contributed by atoms with van der Waals surface area (Å²) in [6.45, 7) is -0.0979. The van der Waals surface area contributed by atoms with Crippen LogP contribution in [-0.4, -0.2) is 42.8 Å². The van der Waals surface area contributed by atoms with E-state index >= 15 is 0 Å². The first kappa shape index (κ1) is 16.4. The summed E-state index contributed by atoms with van der Waals surface area (Å²) in [5.74, 6) is -2.76. The van der Waals surface area contributed by atoms with Crippen molar-refractivity contribution in [2.24, 2.45) is 5.73 Å². The molecule has 0 radical (unpaired) electrons. The number of carbonyl (C=O) groups excluding carboxylic acids is 2. The number of carboxylic acid groups (broad SMARTS) is 1. The molecule has 1 rings (SSSR count). The first-order valence-corrected chi connectivity index (χ1v) is 5.84. The van der Waals surface area contributed by atoms with Gasteiger partial charge in [0.25, 0.3) is 0 Å². The number of hydrogen-bond donors (Lipinski definition) is 4. The summed E-state index contributed by atoms with van der Waals surface area (Å²) in [5, 5.41) is 13.2. The van der Waals surface area contributed by atoms with Crippen LogP contribution in [0, 0.1) is 5.82 Å². The highest BCUT2D eigenvalue weighted by Gasteiger charge is 2.10. The number of benzene rings is 1. The lowest BCUT2D eigenvalue weighted by Gasteiger charge is -2.09. The molecule has 0 heterocycles. The fourth-order valence-electron chi connectivity index (χ4n) is 1.33. The molecule has 0 aliphatic carbocycles. The molecule has 0 aliphatic heterocycles. The predicted octanol–water partition coefficient (Wildman–Crippen LogP) is 0.147. The minimum Gasteiger partial charge on any atom is -0.478 e. The zero-order valence-electron chi connectivity index (χ0n) is 10.9. The third-order valence-electron chi connectivity index (χ3n) is 2.24. The van der Waals surface area contributed by atoms with E-state index in [4.69, 9.17) is 15.6 Å². The van der Waals surface area contributed by atoms with Gasteiger partial charge in [0, 0.05) is 6.54 Å². The van der Waals surface area contributed by atoms with E-state index in [2.05, 4.69) is 10.6 Å². The molecule has 0 aromatic heterocycles. The van der Waals surface area contributed by atoms with Gasteiger partial charge in [-0.25, -0.2) is 14.0 Å². The van der Waals surface area contributed by atoms with Gasteiger partial charge in [-0.2, -0.15) is 0 Å². The highest BCUT2D eigenvalue weighted by atomic mass is 19.1. The Hall–Kier alpha value is -2.68. The van der Waals surface area contributed by atoms with Crippen LogP contribution in [0.25, 0.3) is 0 Å². The average Bonchev–Trinajstić information content (AvgIpc) is 2.40. The Morgan fingerprint density at radius 2 is 2.05 bits per heavy atom. The van der Waals surface area contributed by atoms with Crippen LogP contribution >= 0.6 is 0 Å². The largest absolute Gasteiger partial charge is 0.478 e. The number of primary amides is 1. The average molecular weight is 299 g/mol. The molecule has 1 aromatic rings. The van der Waals surface area contributed by atoms with Crippen LogP contribution in [0.4, 0.5) is 14.9 Å². The molecule has 0 atom stereocenters. The van der Waals surface area contributed by atoms with Gasteiger partial charge in [-0.05, 0) is 18.2 Å². The second-order valence-corrected chi connectivity index (χ2v) is 3.90. The van der Waals surface area contributed by atoms with Crippen molar-refractivity contribution in [1.29, 1.82) is 0 Å². The number of carboxylic acids is 1. The number of ether oxygens (including phenoxy) is 1. The lowest BCUT2D eigenvalue weighted by Crippen LogP contribution is -2.32. The van der Waals surface area contributed by atoms with E-state index in [1.54, 1.807) is 0 Å². The second-order valence-electron chi connectivity index (χ2n) is 3.90. The zero-order valence-corrected chi connectivity index (χ0v) is 10.9. The van der Waals surface area contributed by atoms with Crippen molar-refractivity contribution in [2.75, 3.05) is 25.1 Å². The summed E-state index contributed by atoms with van der Waals surface area (Å²) < 4.78 is 18.3. The second kappa shape index (κ2) is 7.80.